The third-order valence-corrected chi connectivity index (χ3v) is 9.15. The van der Waals surface area contributed by atoms with E-state index in [1.165, 1.54) is 18.6 Å². The van der Waals surface area contributed by atoms with Crippen molar-refractivity contribution in [1.82, 2.24) is 0 Å². The molecule has 1 saturated carbocycles. The fraction of sp³-hybridized carbons (Fsp3) is 0.708. The van der Waals surface area contributed by atoms with Crippen molar-refractivity contribution >= 4 is 23.4 Å². The van der Waals surface area contributed by atoms with Crippen LogP contribution in [0.4, 0.5) is 10.1 Å². The van der Waals surface area contributed by atoms with Crippen molar-refractivity contribution < 1.29 is 28.4 Å². The molecule has 6 rings (SSSR count). The number of carbonyl (C=O) groups is 1. The lowest BCUT2D eigenvalue weighted by Gasteiger charge is -2.60. The van der Waals surface area contributed by atoms with Gasteiger partial charge in [-0.05, 0) is 68.2 Å². The lowest BCUT2D eigenvalue weighted by atomic mass is 9.58. The van der Waals surface area contributed by atoms with E-state index >= 15 is 0 Å². The molecule has 1 aromatic rings. The smallest absolute Gasteiger partial charge is 0.225 e. The number of hydrogen-bond acceptors (Lipinski definition) is 6. The molecule has 1 aromatic carbocycles. The zero-order chi connectivity index (χ0) is 22.5. The lowest BCUT2D eigenvalue weighted by Crippen LogP contribution is -2.70. The maximum atomic E-state index is 13.0. The zero-order valence-electron chi connectivity index (χ0n) is 18.8. The minimum atomic E-state index is -0.775. The number of halogens is 1. The summed E-state index contributed by atoms with van der Waals surface area (Å²) < 4.78 is 26.0. The lowest BCUT2D eigenvalue weighted by molar-refractivity contribution is -0.568. The Morgan fingerprint density at radius 1 is 1.16 bits per heavy atom. The monoisotopic (exact) mass is 465 g/mol. The molecule has 0 radical (unpaired) electrons. The summed E-state index contributed by atoms with van der Waals surface area (Å²) in [6.45, 7) is 6.46. The molecule has 176 valence electrons. The van der Waals surface area contributed by atoms with E-state index in [0.717, 1.165) is 19.3 Å². The Bertz CT molecular complexity index is 855. The Kier molecular flexibility index (Phi) is 6.03. The highest BCUT2D eigenvalue weighted by atomic mass is 32.2. The Morgan fingerprint density at radius 2 is 1.94 bits per heavy atom. The largest absolute Gasteiger partial charge is 0.335 e. The average molecular weight is 466 g/mol. The van der Waals surface area contributed by atoms with E-state index in [1.54, 1.807) is 23.9 Å². The molecule has 32 heavy (non-hydrogen) atoms. The molecule has 4 aliphatic heterocycles. The van der Waals surface area contributed by atoms with Gasteiger partial charge in [-0.2, -0.15) is 0 Å². The van der Waals surface area contributed by atoms with Crippen molar-refractivity contribution in [2.24, 2.45) is 23.7 Å². The fourth-order valence-electron chi connectivity index (χ4n) is 6.09. The van der Waals surface area contributed by atoms with E-state index in [9.17, 15) is 9.18 Å². The molecular weight excluding hydrogens is 433 g/mol. The first-order valence-electron chi connectivity index (χ1n) is 11.7. The molecule has 1 spiro atoms. The van der Waals surface area contributed by atoms with Crippen LogP contribution in [0.3, 0.4) is 0 Å². The average Bonchev–Trinajstić information content (AvgIpc) is 2.99. The van der Waals surface area contributed by atoms with Crippen LogP contribution in [0.1, 0.15) is 52.9 Å². The summed E-state index contributed by atoms with van der Waals surface area (Å²) in [4.78, 5) is 24.4. The van der Waals surface area contributed by atoms with Crippen molar-refractivity contribution in [3.05, 3.63) is 30.1 Å². The first kappa shape index (κ1) is 22.6. The summed E-state index contributed by atoms with van der Waals surface area (Å²) in [5.41, 5.74) is -0.0273. The number of rotatable bonds is 5. The minimum Gasteiger partial charge on any atom is -0.335 e. The molecular formula is C24H32FNO5S. The van der Waals surface area contributed by atoms with Gasteiger partial charge in [0.1, 0.15) is 11.3 Å². The van der Waals surface area contributed by atoms with Gasteiger partial charge < -0.3 is 14.8 Å². The molecule has 1 aliphatic carbocycles. The molecule has 8 heteroatoms. The van der Waals surface area contributed by atoms with Gasteiger partial charge in [-0.1, -0.05) is 13.8 Å². The SMILES string of the molecule is C[C@H]1[C@H](SCCC(=O)Nc2ccc(F)cc2)O[C@@H]2O[C@]3(C)CC[C@H]4[C@H](C)CC[C@@H]1[C@@]24OO3. The van der Waals surface area contributed by atoms with Crippen LogP contribution < -0.4 is 5.32 Å². The Balaban J connectivity index is 1.24. The maximum absolute atomic E-state index is 13.0. The highest BCUT2D eigenvalue weighted by Gasteiger charge is 2.69. The standard InChI is InChI=1S/C24H32FNO5S/c1-14-4-9-19-15(2)21(32-13-11-20(27)26-17-7-5-16(25)6-8-17)28-22-24(19)18(14)10-12-23(3,29-22)30-31-24/h5-8,14-15,18-19,21-22H,4,9-13H2,1-3H3,(H,26,27)/t14-,15-,18+,19+,21+,22-,23+,24-/m1/s1. The number of nitrogens with one attached hydrogen (secondary N) is 1. The summed E-state index contributed by atoms with van der Waals surface area (Å²) in [5, 5.41) is 2.82. The van der Waals surface area contributed by atoms with Gasteiger partial charge in [0.2, 0.25) is 11.7 Å². The van der Waals surface area contributed by atoms with E-state index in [0.29, 0.717) is 29.7 Å². The molecule has 0 aromatic heterocycles. The third-order valence-electron chi connectivity index (χ3n) is 7.84. The van der Waals surface area contributed by atoms with Gasteiger partial charge >= 0.3 is 0 Å². The summed E-state index contributed by atoms with van der Waals surface area (Å²) >= 11 is 1.66. The summed E-state index contributed by atoms with van der Waals surface area (Å²) in [6, 6.07) is 5.80. The number of benzene rings is 1. The molecule has 4 heterocycles. The fourth-order valence-corrected chi connectivity index (χ4v) is 7.30. The number of ether oxygens (including phenoxy) is 2. The van der Waals surface area contributed by atoms with E-state index < -0.39 is 17.7 Å². The predicted octanol–water partition coefficient (Wildman–Crippen LogP) is 5.10. The Hall–Kier alpha value is -1.19. The topological polar surface area (TPSA) is 66.0 Å². The van der Waals surface area contributed by atoms with Crippen molar-refractivity contribution in [3.63, 3.8) is 0 Å². The quantitative estimate of drug-likeness (QED) is 0.611. The highest BCUT2D eigenvalue weighted by molar-refractivity contribution is 7.99. The van der Waals surface area contributed by atoms with Gasteiger partial charge in [-0.3, -0.25) is 4.79 Å². The van der Waals surface area contributed by atoms with Crippen LogP contribution in [0.15, 0.2) is 24.3 Å². The second kappa shape index (κ2) is 8.55. The molecule has 0 unspecified atom stereocenters. The second-order valence-electron chi connectivity index (χ2n) is 9.95. The molecule has 4 saturated heterocycles. The minimum absolute atomic E-state index is 0.0742. The van der Waals surface area contributed by atoms with Crippen molar-refractivity contribution in [1.29, 1.82) is 0 Å². The third kappa shape index (κ3) is 3.88. The summed E-state index contributed by atoms with van der Waals surface area (Å²) in [7, 11) is 0. The molecule has 6 nitrogen and oxygen atoms in total. The van der Waals surface area contributed by atoms with E-state index in [1.807, 2.05) is 6.92 Å². The van der Waals surface area contributed by atoms with Gasteiger partial charge in [0.25, 0.3) is 0 Å². The van der Waals surface area contributed by atoms with Crippen LogP contribution in [-0.2, 0) is 24.0 Å². The number of anilines is 1. The number of thioether (sulfide) groups is 1. The first-order chi connectivity index (χ1) is 15.3. The van der Waals surface area contributed by atoms with Gasteiger partial charge in [-0.25, -0.2) is 14.2 Å². The van der Waals surface area contributed by atoms with Crippen LogP contribution in [-0.4, -0.2) is 34.8 Å². The van der Waals surface area contributed by atoms with Gasteiger partial charge in [0.05, 0.1) is 0 Å². The van der Waals surface area contributed by atoms with E-state index in [-0.39, 0.29) is 29.0 Å². The molecule has 1 N–H and O–H groups in total. The van der Waals surface area contributed by atoms with Crippen LogP contribution in [0.5, 0.6) is 0 Å². The maximum Gasteiger partial charge on any atom is 0.225 e. The van der Waals surface area contributed by atoms with E-state index in [2.05, 4.69) is 19.2 Å². The predicted molar refractivity (Wildman–Crippen MR) is 119 cm³/mol. The van der Waals surface area contributed by atoms with Gasteiger partial charge in [0.15, 0.2) is 11.9 Å². The zero-order valence-corrected chi connectivity index (χ0v) is 19.7. The number of carbonyl (C=O) groups excluding carboxylic acids is 1. The number of fused-ring (bicyclic) bond motifs is 2. The van der Waals surface area contributed by atoms with Crippen LogP contribution in [0.2, 0.25) is 0 Å². The first-order valence-corrected chi connectivity index (χ1v) is 12.7. The van der Waals surface area contributed by atoms with Gasteiger partial charge in [-0.15, -0.1) is 11.8 Å². The number of hydrogen-bond donors (Lipinski definition) is 1. The molecule has 2 bridgehead atoms. The second-order valence-corrected chi connectivity index (χ2v) is 11.2. The van der Waals surface area contributed by atoms with Crippen molar-refractivity contribution in [3.8, 4) is 0 Å². The Morgan fingerprint density at radius 3 is 2.72 bits per heavy atom. The summed E-state index contributed by atoms with van der Waals surface area (Å²) in [5.74, 6) is 0.866. The van der Waals surface area contributed by atoms with Crippen LogP contribution >= 0.6 is 11.8 Å². The van der Waals surface area contributed by atoms with E-state index in [4.69, 9.17) is 19.2 Å². The molecule has 1 amide bonds. The summed E-state index contributed by atoms with van der Waals surface area (Å²) in [6.07, 6.45) is 3.94. The van der Waals surface area contributed by atoms with Crippen LogP contribution in [0.25, 0.3) is 0 Å². The van der Waals surface area contributed by atoms with Gasteiger partial charge in [0, 0.05) is 30.2 Å². The number of amides is 1. The van der Waals surface area contributed by atoms with Crippen molar-refractivity contribution in [2.45, 2.75) is 76.0 Å². The highest BCUT2D eigenvalue weighted by Crippen LogP contribution is 2.61. The van der Waals surface area contributed by atoms with Crippen LogP contribution in [0, 0.1) is 29.5 Å². The molecule has 5 fully saturated rings. The Labute approximate surface area is 192 Å². The molecule has 5 aliphatic rings. The normalized spacial score (nSPS) is 42.8. The van der Waals surface area contributed by atoms with Crippen molar-refractivity contribution in [2.75, 3.05) is 11.1 Å². The molecule has 8 atom stereocenters.